The maximum absolute atomic E-state index is 10.6. The van der Waals surface area contributed by atoms with Crippen molar-refractivity contribution in [2.75, 3.05) is 5.75 Å². The Morgan fingerprint density at radius 3 is 2.89 bits per heavy atom. The van der Waals surface area contributed by atoms with Gasteiger partial charge >= 0.3 is 5.97 Å². The Morgan fingerprint density at radius 1 is 1.47 bits per heavy atom. The fraction of sp³-hybridized carbons (Fsp3) is 0.273. The second-order valence-electron chi connectivity index (χ2n) is 3.74. The van der Waals surface area contributed by atoms with Crippen molar-refractivity contribution in [2.45, 2.75) is 18.7 Å². The molecule has 0 bridgehead atoms. The van der Waals surface area contributed by atoms with Crippen molar-refractivity contribution in [3.8, 4) is 5.69 Å². The molecule has 0 atom stereocenters. The summed E-state index contributed by atoms with van der Waals surface area (Å²) in [7, 11) is 0. The van der Waals surface area contributed by atoms with Crippen LogP contribution in [0.5, 0.6) is 0 Å². The number of hydrogen-bond donors (Lipinski definition) is 2. The van der Waals surface area contributed by atoms with Gasteiger partial charge in [0.2, 0.25) is 0 Å². The summed E-state index contributed by atoms with van der Waals surface area (Å²) < 4.78 is 1.62. The van der Waals surface area contributed by atoms with Crippen molar-refractivity contribution in [1.82, 2.24) is 19.7 Å². The quantitative estimate of drug-likeness (QED) is 0.775. The number of carboxylic acid groups (broad SMARTS) is 1. The van der Waals surface area contributed by atoms with E-state index in [1.807, 2.05) is 13.0 Å². The molecule has 100 valence electrons. The highest BCUT2D eigenvalue weighted by atomic mass is 32.2. The van der Waals surface area contributed by atoms with E-state index in [1.54, 1.807) is 17.0 Å². The van der Waals surface area contributed by atoms with Gasteiger partial charge in [0.25, 0.3) is 0 Å². The predicted molar refractivity (Wildman–Crippen MR) is 68.2 cm³/mol. The van der Waals surface area contributed by atoms with Crippen LogP contribution in [0, 0.1) is 6.92 Å². The van der Waals surface area contributed by atoms with E-state index in [2.05, 4.69) is 15.2 Å². The first-order valence-electron chi connectivity index (χ1n) is 5.44. The van der Waals surface area contributed by atoms with Crippen LogP contribution in [0.2, 0.25) is 0 Å². The lowest BCUT2D eigenvalue weighted by Gasteiger charge is -2.10. The second kappa shape index (κ2) is 5.81. The summed E-state index contributed by atoms with van der Waals surface area (Å²) >= 11 is 1.05. The number of rotatable bonds is 5. The Labute approximate surface area is 113 Å². The van der Waals surface area contributed by atoms with Gasteiger partial charge in [0, 0.05) is 6.20 Å². The molecular weight excluding hydrogens is 268 g/mol. The Kier molecular flexibility index (Phi) is 4.13. The lowest BCUT2D eigenvalue weighted by Crippen LogP contribution is -2.06. The lowest BCUT2D eigenvalue weighted by atomic mass is 10.2. The van der Waals surface area contributed by atoms with Crippen molar-refractivity contribution in [2.24, 2.45) is 0 Å². The molecule has 0 radical (unpaired) electrons. The Hall–Kier alpha value is -1.93. The Bertz CT molecular complexity index is 599. The zero-order chi connectivity index (χ0) is 13.8. The Balaban J connectivity index is 2.45. The molecule has 0 unspecified atom stereocenters. The molecule has 0 spiro atoms. The fourth-order valence-electron chi connectivity index (χ4n) is 1.55. The molecule has 0 saturated carbocycles. The summed E-state index contributed by atoms with van der Waals surface area (Å²) in [5.41, 5.74) is 1.66. The van der Waals surface area contributed by atoms with E-state index in [0.717, 1.165) is 23.0 Å². The highest BCUT2D eigenvalue weighted by Crippen LogP contribution is 2.23. The molecule has 0 amide bonds. The molecule has 8 heteroatoms. The van der Waals surface area contributed by atoms with E-state index < -0.39 is 5.97 Å². The minimum Gasteiger partial charge on any atom is -0.481 e. The zero-order valence-electron chi connectivity index (χ0n) is 10.1. The van der Waals surface area contributed by atoms with Crippen LogP contribution in [0.1, 0.15) is 11.4 Å². The summed E-state index contributed by atoms with van der Waals surface area (Å²) in [6.45, 7) is 1.61. The van der Waals surface area contributed by atoms with E-state index in [0.29, 0.717) is 11.0 Å². The van der Waals surface area contributed by atoms with Gasteiger partial charge in [-0.15, -0.1) is 10.2 Å². The molecule has 2 rings (SSSR count). The van der Waals surface area contributed by atoms with Gasteiger partial charge in [-0.05, 0) is 18.6 Å². The lowest BCUT2D eigenvalue weighted by molar-refractivity contribution is -0.133. The predicted octanol–water partition coefficient (Wildman–Crippen LogP) is 0.640. The molecule has 0 saturated heterocycles. The van der Waals surface area contributed by atoms with Gasteiger partial charge in [0.05, 0.1) is 17.6 Å². The molecule has 2 aromatic rings. The number of aliphatic hydroxyl groups excluding tert-OH is 1. The maximum Gasteiger partial charge on any atom is 0.313 e. The van der Waals surface area contributed by atoms with Crippen LogP contribution in [-0.4, -0.2) is 41.7 Å². The molecule has 0 aliphatic rings. The maximum atomic E-state index is 10.6. The largest absolute Gasteiger partial charge is 0.481 e. The molecule has 0 fully saturated rings. The third kappa shape index (κ3) is 2.91. The summed E-state index contributed by atoms with van der Waals surface area (Å²) in [5.74, 6) is -0.708. The summed E-state index contributed by atoms with van der Waals surface area (Å²) in [5, 5.41) is 26.2. The molecule has 0 aliphatic heterocycles. The highest BCUT2D eigenvalue weighted by molar-refractivity contribution is 7.99. The third-order valence-electron chi connectivity index (χ3n) is 2.42. The average Bonchev–Trinajstić information content (AvgIpc) is 2.79. The molecular formula is C11H12N4O3S. The minimum atomic E-state index is -0.937. The third-order valence-corrected chi connectivity index (χ3v) is 3.33. The normalized spacial score (nSPS) is 10.6. The smallest absolute Gasteiger partial charge is 0.313 e. The molecule has 19 heavy (non-hydrogen) atoms. The van der Waals surface area contributed by atoms with E-state index >= 15 is 0 Å². The standard InChI is InChI=1S/C11H12N4O3S/c1-7-2-3-12-4-8(7)15-9(5-16)13-14-11(15)19-6-10(17)18/h2-4,16H,5-6H2,1H3,(H,17,18). The van der Waals surface area contributed by atoms with Crippen LogP contribution < -0.4 is 0 Å². The topological polar surface area (TPSA) is 101 Å². The minimum absolute atomic E-state index is 0.122. The number of aromatic nitrogens is 4. The monoisotopic (exact) mass is 280 g/mol. The molecule has 2 heterocycles. The first kappa shape index (κ1) is 13.5. The van der Waals surface area contributed by atoms with E-state index in [4.69, 9.17) is 5.11 Å². The number of pyridine rings is 1. The molecule has 2 aromatic heterocycles. The van der Waals surface area contributed by atoms with Crippen LogP contribution in [0.15, 0.2) is 23.6 Å². The van der Waals surface area contributed by atoms with Gasteiger partial charge in [0.15, 0.2) is 11.0 Å². The first-order valence-corrected chi connectivity index (χ1v) is 6.42. The van der Waals surface area contributed by atoms with Crippen LogP contribution in [0.4, 0.5) is 0 Å². The number of carbonyl (C=O) groups is 1. The average molecular weight is 280 g/mol. The van der Waals surface area contributed by atoms with Gasteiger partial charge in [-0.3, -0.25) is 14.3 Å². The Morgan fingerprint density at radius 2 is 2.26 bits per heavy atom. The number of hydrogen-bond acceptors (Lipinski definition) is 6. The van der Waals surface area contributed by atoms with Gasteiger partial charge in [0.1, 0.15) is 6.61 Å². The first-order chi connectivity index (χ1) is 9.13. The van der Waals surface area contributed by atoms with Crippen molar-refractivity contribution >= 4 is 17.7 Å². The van der Waals surface area contributed by atoms with Gasteiger partial charge in [-0.2, -0.15) is 0 Å². The SMILES string of the molecule is Cc1ccncc1-n1c(CO)nnc1SCC(=O)O. The summed E-state index contributed by atoms with van der Waals surface area (Å²) in [6, 6.07) is 1.82. The zero-order valence-corrected chi connectivity index (χ0v) is 11.0. The number of aliphatic carboxylic acids is 1. The number of nitrogens with zero attached hydrogens (tertiary/aromatic N) is 4. The van der Waals surface area contributed by atoms with Gasteiger partial charge in [-0.25, -0.2) is 0 Å². The summed E-state index contributed by atoms with van der Waals surface area (Å²) in [4.78, 5) is 14.7. The van der Waals surface area contributed by atoms with Crippen molar-refractivity contribution in [3.63, 3.8) is 0 Å². The number of carboxylic acids is 1. The molecule has 0 aliphatic carbocycles. The van der Waals surface area contributed by atoms with Crippen LogP contribution in [0.25, 0.3) is 5.69 Å². The molecule has 7 nitrogen and oxygen atoms in total. The fourth-order valence-corrected chi connectivity index (χ4v) is 2.24. The van der Waals surface area contributed by atoms with Crippen molar-refractivity contribution in [3.05, 3.63) is 29.8 Å². The van der Waals surface area contributed by atoms with Crippen LogP contribution in [0.3, 0.4) is 0 Å². The van der Waals surface area contributed by atoms with Crippen molar-refractivity contribution in [1.29, 1.82) is 0 Å². The van der Waals surface area contributed by atoms with Gasteiger partial charge in [-0.1, -0.05) is 11.8 Å². The van der Waals surface area contributed by atoms with E-state index in [1.165, 1.54) is 0 Å². The van der Waals surface area contributed by atoms with Crippen LogP contribution in [-0.2, 0) is 11.4 Å². The number of aliphatic hydroxyl groups is 1. The number of thioether (sulfide) groups is 1. The van der Waals surface area contributed by atoms with Gasteiger partial charge < -0.3 is 10.2 Å². The van der Waals surface area contributed by atoms with Crippen molar-refractivity contribution < 1.29 is 15.0 Å². The number of aryl methyl sites for hydroxylation is 1. The molecule has 2 N–H and O–H groups in total. The summed E-state index contributed by atoms with van der Waals surface area (Å²) in [6.07, 6.45) is 3.29. The second-order valence-corrected chi connectivity index (χ2v) is 4.68. The molecule has 0 aromatic carbocycles. The van der Waals surface area contributed by atoms with E-state index in [-0.39, 0.29) is 12.4 Å². The highest BCUT2D eigenvalue weighted by Gasteiger charge is 2.16. The van der Waals surface area contributed by atoms with E-state index in [9.17, 15) is 9.90 Å². The van der Waals surface area contributed by atoms with Crippen LogP contribution >= 0.6 is 11.8 Å².